The largest absolute Gasteiger partial charge is 0.478 e. The van der Waals surface area contributed by atoms with E-state index in [2.05, 4.69) is 17.2 Å². The number of aryl methyl sites for hydroxylation is 1. The molecule has 6 nitrogen and oxygen atoms in total. The molecule has 1 amide bonds. The van der Waals surface area contributed by atoms with Crippen LogP contribution in [0, 0.1) is 6.92 Å². The smallest absolute Gasteiger partial charge is 0.337 e. The maximum absolute atomic E-state index is 11.8. The topological polar surface area (TPSA) is 87.7 Å². The van der Waals surface area contributed by atoms with Gasteiger partial charge in [-0.3, -0.25) is 4.79 Å². The van der Waals surface area contributed by atoms with Crippen molar-refractivity contribution >= 4 is 34.6 Å². The minimum absolute atomic E-state index is 0.0141. The molecule has 0 radical (unpaired) electrons. The van der Waals surface area contributed by atoms with Gasteiger partial charge in [0, 0.05) is 28.1 Å². The number of carboxylic acid groups (broad SMARTS) is 1. The number of carboxylic acids is 1. The third kappa shape index (κ3) is 3.83. The highest BCUT2D eigenvalue weighted by Gasteiger charge is 2.25. The number of anilines is 2. The molecule has 2 aliphatic heterocycles. The van der Waals surface area contributed by atoms with Gasteiger partial charge in [-0.05, 0) is 60.9 Å². The van der Waals surface area contributed by atoms with E-state index in [1.165, 1.54) is 0 Å². The number of ether oxygens (including phenoxy) is 1. The Balaban J connectivity index is 1.51. The monoisotopic (exact) mass is 452 g/mol. The quantitative estimate of drug-likeness (QED) is 0.455. The van der Waals surface area contributed by atoms with Gasteiger partial charge in [0.25, 0.3) is 0 Å². The first kappa shape index (κ1) is 21.5. The Morgan fingerprint density at radius 2 is 1.97 bits per heavy atom. The van der Waals surface area contributed by atoms with Gasteiger partial charge in [-0.25, -0.2) is 4.79 Å². The Kier molecular flexibility index (Phi) is 5.21. The minimum Gasteiger partial charge on any atom is -0.478 e. The number of benzene rings is 3. The van der Waals surface area contributed by atoms with Crippen LogP contribution in [0.1, 0.15) is 51.1 Å². The lowest BCUT2D eigenvalue weighted by molar-refractivity contribution is -0.115. The Hall–Kier alpha value is -4.32. The number of fused-ring (bicyclic) bond motifs is 2. The van der Waals surface area contributed by atoms with E-state index in [1.807, 2.05) is 50.3 Å². The average molecular weight is 453 g/mol. The number of carbonyl (C=O) groups is 2. The Bertz CT molecular complexity index is 1400. The van der Waals surface area contributed by atoms with E-state index in [-0.39, 0.29) is 17.5 Å². The number of hydrogen-bond acceptors (Lipinski definition) is 4. The molecule has 0 fully saturated rings. The first-order valence-electron chi connectivity index (χ1n) is 11.1. The van der Waals surface area contributed by atoms with Gasteiger partial charge in [0.05, 0.1) is 18.0 Å². The summed E-state index contributed by atoms with van der Waals surface area (Å²) in [6.45, 7) is 8.24. The molecule has 1 atom stereocenters. The molecule has 0 saturated heterocycles. The summed E-state index contributed by atoms with van der Waals surface area (Å²) in [5.74, 6) is 0.329. The number of carbonyl (C=O) groups excluding carboxylic acids is 1. The lowest BCUT2D eigenvalue weighted by Crippen LogP contribution is -2.14. The number of amides is 1. The molecule has 3 aromatic rings. The normalized spacial score (nSPS) is 14.9. The van der Waals surface area contributed by atoms with Crippen LogP contribution in [0.5, 0.6) is 5.75 Å². The molecule has 0 aromatic heterocycles. The average Bonchev–Trinajstić information content (AvgIpc) is 3.18. The van der Waals surface area contributed by atoms with Gasteiger partial charge in [-0.2, -0.15) is 0 Å². The summed E-state index contributed by atoms with van der Waals surface area (Å²) in [6.07, 6.45) is 2.29. The first-order valence-corrected chi connectivity index (χ1v) is 11.1. The maximum Gasteiger partial charge on any atom is 0.337 e. The molecule has 6 heteroatoms. The standard InChI is InChI=1S/C28H24N2O4/c1-15-10-21-16(2)12-25(19-9-8-18-14-26(31)30-24(18)13-19)34-27(21)22(11-15)17(3)29-23-7-5-4-6-20(23)28(32)33/h4-13,17,29H,2,14H2,1,3H3,(H,30,31)(H,32,33). The van der Waals surface area contributed by atoms with Crippen LogP contribution in [0.15, 0.2) is 67.3 Å². The van der Waals surface area contributed by atoms with Crippen molar-refractivity contribution < 1.29 is 19.4 Å². The predicted octanol–water partition coefficient (Wildman–Crippen LogP) is 5.81. The molecule has 1 unspecified atom stereocenters. The summed E-state index contributed by atoms with van der Waals surface area (Å²) in [6, 6.07) is 16.5. The van der Waals surface area contributed by atoms with E-state index in [1.54, 1.807) is 24.3 Å². The fourth-order valence-electron chi connectivity index (χ4n) is 4.47. The van der Waals surface area contributed by atoms with Crippen molar-refractivity contribution in [2.75, 3.05) is 10.6 Å². The molecule has 0 aliphatic carbocycles. The van der Waals surface area contributed by atoms with E-state index in [9.17, 15) is 14.7 Å². The Morgan fingerprint density at radius 3 is 2.76 bits per heavy atom. The summed E-state index contributed by atoms with van der Waals surface area (Å²) in [7, 11) is 0. The molecule has 0 saturated carbocycles. The van der Waals surface area contributed by atoms with Crippen molar-refractivity contribution in [3.63, 3.8) is 0 Å². The summed E-state index contributed by atoms with van der Waals surface area (Å²) in [5, 5.41) is 15.8. The number of nitrogens with one attached hydrogen (secondary N) is 2. The van der Waals surface area contributed by atoms with Crippen LogP contribution < -0.4 is 15.4 Å². The third-order valence-corrected chi connectivity index (χ3v) is 6.14. The Morgan fingerprint density at radius 1 is 1.18 bits per heavy atom. The van der Waals surface area contributed by atoms with E-state index in [0.717, 1.165) is 39.1 Å². The molecular formula is C28H24N2O4. The van der Waals surface area contributed by atoms with Gasteiger partial charge in [-0.15, -0.1) is 0 Å². The second-order valence-corrected chi connectivity index (χ2v) is 8.68. The molecule has 170 valence electrons. The SMILES string of the molecule is C=C1C=C(c2ccc3c(c2)NC(=O)C3)Oc2c1cc(C)cc2C(C)Nc1ccccc1C(=O)O. The first-order chi connectivity index (χ1) is 16.3. The summed E-state index contributed by atoms with van der Waals surface area (Å²) < 4.78 is 6.43. The van der Waals surface area contributed by atoms with Gasteiger partial charge in [0.1, 0.15) is 11.5 Å². The third-order valence-electron chi connectivity index (χ3n) is 6.14. The van der Waals surface area contributed by atoms with Gasteiger partial charge in [0.2, 0.25) is 5.91 Å². The number of aromatic carboxylic acids is 1. The zero-order chi connectivity index (χ0) is 24.0. The molecule has 3 aromatic carbocycles. The van der Waals surface area contributed by atoms with Crippen LogP contribution in [0.2, 0.25) is 0 Å². The van der Waals surface area contributed by atoms with Crippen LogP contribution >= 0.6 is 0 Å². The van der Waals surface area contributed by atoms with Crippen molar-refractivity contribution in [2.45, 2.75) is 26.3 Å². The van der Waals surface area contributed by atoms with E-state index in [4.69, 9.17) is 4.74 Å². The summed E-state index contributed by atoms with van der Waals surface area (Å²) >= 11 is 0. The lowest BCUT2D eigenvalue weighted by atomic mass is 9.93. The zero-order valence-corrected chi connectivity index (χ0v) is 18.9. The van der Waals surface area contributed by atoms with Crippen molar-refractivity contribution in [3.8, 4) is 5.75 Å². The van der Waals surface area contributed by atoms with Gasteiger partial charge in [0.15, 0.2) is 0 Å². The van der Waals surface area contributed by atoms with Crippen LogP contribution in [0.3, 0.4) is 0 Å². The van der Waals surface area contributed by atoms with E-state index < -0.39 is 5.97 Å². The number of allylic oxidation sites excluding steroid dienone is 2. The number of para-hydroxylation sites is 1. The molecule has 34 heavy (non-hydrogen) atoms. The van der Waals surface area contributed by atoms with Crippen LogP contribution in [-0.2, 0) is 11.2 Å². The zero-order valence-electron chi connectivity index (χ0n) is 18.9. The fraction of sp³-hybridized carbons (Fsp3) is 0.143. The molecule has 0 spiro atoms. The van der Waals surface area contributed by atoms with Crippen molar-refractivity contribution in [1.29, 1.82) is 0 Å². The van der Waals surface area contributed by atoms with Crippen molar-refractivity contribution in [3.05, 3.63) is 101 Å². The van der Waals surface area contributed by atoms with Gasteiger partial charge >= 0.3 is 5.97 Å². The Labute approximate surface area is 197 Å². The van der Waals surface area contributed by atoms with Crippen molar-refractivity contribution in [1.82, 2.24) is 0 Å². The summed E-state index contributed by atoms with van der Waals surface area (Å²) in [5.41, 5.74) is 7.03. The molecular weight excluding hydrogens is 428 g/mol. The highest BCUT2D eigenvalue weighted by atomic mass is 16.5. The number of rotatable bonds is 5. The molecule has 0 bridgehead atoms. The number of hydrogen-bond donors (Lipinski definition) is 3. The van der Waals surface area contributed by atoms with Crippen LogP contribution in [-0.4, -0.2) is 17.0 Å². The van der Waals surface area contributed by atoms with Crippen molar-refractivity contribution in [2.24, 2.45) is 0 Å². The lowest BCUT2D eigenvalue weighted by Gasteiger charge is -2.27. The second kappa shape index (κ2) is 8.23. The van der Waals surface area contributed by atoms with E-state index in [0.29, 0.717) is 23.6 Å². The molecule has 2 heterocycles. The second-order valence-electron chi connectivity index (χ2n) is 8.68. The van der Waals surface area contributed by atoms with Gasteiger partial charge in [-0.1, -0.05) is 36.9 Å². The highest BCUT2D eigenvalue weighted by Crippen LogP contribution is 2.43. The fourth-order valence-corrected chi connectivity index (χ4v) is 4.47. The highest BCUT2D eigenvalue weighted by molar-refractivity contribution is 6.00. The molecule has 2 aliphatic rings. The van der Waals surface area contributed by atoms with Crippen LogP contribution in [0.4, 0.5) is 11.4 Å². The van der Waals surface area contributed by atoms with Gasteiger partial charge < -0.3 is 20.5 Å². The van der Waals surface area contributed by atoms with E-state index >= 15 is 0 Å². The molecule has 5 rings (SSSR count). The summed E-state index contributed by atoms with van der Waals surface area (Å²) in [4.78, 5) is 23.4. The predicted molar refractivity (Wildman–Crippen MR) is 133 cm³/mol. The van der Waals surface area contributed by atoms with Crippen LogP contribution in [0.25, 0.3) is 11.3 Å². The molecule has 3 N–H and O–H groups in total. The maximum atomic E-state index is 11.8. The minimum atomic E-state index is -0.986.